The predicted molar refractivity (Wildman–Crippen MR) is 79.3 cm³/mol. The minimum Gasteiger partial charge on any atom is -0.466 e. The van der Waals surface area contributed by atoms with Gasteiger partial charge in [0.25, 0.3) is 0 Å². The number of hydrogen-bond donors (Lipinski definition) is 0. The molecule has 0 aromatic rings. The Morgan fingerprint density at radius 2 is 1.45 bits per heavy atom. The van der Waals surface area contributed by atoms with Crippen molar-refractivity contribution >= 4 is 11.9 Å². The molecule has 0 N–H and O–H groups in total. The molecule has 0 heterocycles. The average Bonchev–Trinajstić information content (AvgIpc) is 2.35. The molecule has 0 aliphatic carbocycles. The molecule has 0 amide bonds. The van der Waals surface area contributed by atoms with Crippen LogP contribution in [0.25, 0.3) is 0 Å². The highest BCUT2D eigenvalue weighted by molar-refractivity contribution is 5.72. The maximum atomic E-state index is 11.7. The van der Waals surface area contributed by atoms with Gasteiger partial charge in [-0.05, 0) is 24.7 Å². The molecule has 118 valence electrons. The van der Waals surface area contributed by atoms with Gasteiger partial charge >= 0.3 is 11.9 Å². The average molecular weight is 286 g/mol. The van der Waals surface area contributed by atoms with E-state index in [1.807, 2.05) is 34.6 Å². The molecule has 20 heavy (non-hydrogen) atoms. The Morgan fingerprint density at radius 3 is 1.95 bits per heavy atom. The smallest absolute Gasteiger partial charge is 0.306 e. The monoisotopic (exact) mass is 286 g/mol. The second-order valence-corrected chi connectivity index (χ2v) is 5.87. The largest absolute Gasteiger partial charge is 0.466 e. The summed E-state index contributed by atoms with van der Waals surface area (Å²) in [5.41, 5.74) is 0. The van der Waals surface area contributed by atoms with Gasteiger partial charge in [-0.1, -0.05) is 41.0 Å². The SMILES string of the molecule is CCCCOC(=O)CCCC(=O)OC(C(C)C)C(C)C. The van der Waals surface area contributed by atoms with Crippen molar-refractivity contribution in [2.45, 2.75) is 72.8 Å². The first-order chi connectivity index (χ1) is 9.38. The predicted octanol–water partition coefficient (Wildman–Crippen LogP) is 3.72. The molecular weight excluding hydrogens is 256 g/mol. The first-order valence-electron chi connectivity index (χ1n) is 7.73. The van der Waals surface area contributed by atoms with Crippen molar-refractivity contribution in [3.63, 3.8) is 0 Å². The molecular formula is C16H30O4. The fraction of sp³-hybridized carbons (Fsp3) is 0.875. The summed E-state index contributed by atoms with van der Waals surface area (Å²) < 4.78 is 10.5. The number of carbonyl (C=O) groups excluding carboxylic acids is 2. The topological polar surface area (TPSA) is 52.6 Å². The Labute approximate surface area is 123 Å². The first kappa shape index (κ1) is 18.9. The summed E-state index contributed by atoms with van der Waals surface area (Å²) in [6, 6.07) is 0. The number of hydrogen-bond acceptors (Lipinski definition) is 4. The third kappa shape index (κ3) is 8.94. The van der Waals surface area contributed by atoms with Gasteiger partial charge in [-0.15, -0.1) is 0 Å². The molecule has 0 aromatic carbocycles. The van der Waals surface area contributed by atoms with Crippen LogP contribution in [-0.4, -0.2) is 24.6 Å². The molecule has 0 saturated heterocycles. The lowest BCUT2D eigenvalue weighted by Gasteiger charge is -2.24. The molecule has 0 radical (unpaired) electrons. The van der Waals surface area contributed by atoms with Gasteiger partial charge in [0.15, 0.2) is 0 Å². The lowest BCUT2D eigenvalue weighted by Crippen LogP contribution is -2.28. The second kappa shape index (κ2) is 10.7. The molecule has 4 heteroatoms. The summed E-state index contributed by atoms with van der Waals surface area (Å²) in [5.74, 6) is 0.158. The zero-order valence-electron chi connectivity index (χ0n) is 13.6. The van der Waals surface area contributed by atoms with Gasteiger partial charge in [-0.2, -0.15) is 0 Å². The van der Waals surface area contributed by atoms with E-state index in [1.165, 1.54) is 0 Å². The van der Waals surface area contributed by atoms with Crippen LogP contribution >= 0.6 is 0 Å². The highest BCUT2D eigenvalue weighted by Gasteiger charge is 2.21. The van der Waals surface area contributed by atoms with Crippen molar-refractivity contribution in [3.05, 3.63) is 0 Å². The van der Waals surface area contributed by atoms with Crippen LogP contribution in [0, 0.1) is 11.8 Å². The molecule has 0 aromatic heterocycles. The lowest BCUT2D eigenvalue weighted by atomic mass is 9.96. The fourth-order valence-electron chi connectivity index (χ4n) is 2.03. The normalized spacial score (nSPS) is 11.2. The van der Waals surface area contributed by atoms with E-state index >= 15 is 0 Å². The Kier molecular flexibility index (Phi) is 10.1. The first-order valence-corrected chi connectivity index (χ1v) is 7.73. The molecule has 0 unspecified atom stereocenters. The summed E-state index contributed by atoms with van der Waals surface area (Å²) in [6.07, 6.45) is 2.89. The summed E-state index contributed by atoms with van der Waals surface area (Å²) >= 11 is 0. The molecule has 0 aliphatic rings. The van der Waals surface area contributed by atoms with Crippen molar-refractivity contribution in [2.75, 3.05) is 6.61 Å². The summed E-state index contributed by atoms with van der Waals surface area (Å²) in [7, 11) is 0. The third-order valence-electron chi connectivity index (χ3n) is 3.10. The van der Waals surface area contributed by atoms with Crippen LogP contribution in [0.3, 0.4) is 0 Å². The van der Waals surface area contributed by atoms with E-state index in [9.17, 15) is 9.59 Å². The second-order valence-electron chi connectivity index (χ2n) is 5.87. The zero-order chi connectivity index (χ0) is 15.5. The van der Waals surface area contributed by atoms with Crippen LogP contribution < -0.4 is 0 Å². The van der Waals surface area contributed by atoms with E-state index in [0.29, 0.717) is 24.9 Å². The van der Waals surface area contributed by atoms with Gasteiger partial charge in [0.2, 0.25) is 0 Å². The molecule has 0 saturated carbocycles. The van der Waals surface area contributed by atoms with Gasteiger partial charge < -0.3 is 9.47 Å². The standard InChI is InChI=1S/C16H30O4/c1-6-7-11-19-14(17)9-8-10-15(18)20-16(12(2)3)13(4)5/h12-13,16H,6-11H2,1-5H3. The van der Waals surface area contributed by atoms with Crippen LogP contribution in [0.1, 0.15) is 66.7 Å². The minimum atomic E-state index is -0.226. The van der Waals surface area contributed by atoms with Crippen molar-refractivity contribution in [2.24, 2.45) is 11.8 Å². The fourth-order valence-corrected chi connectivity index (χ4v) is 2.03. The van der Waals surface area contributed by atoms with E-state index in [0.717, 1.165) is 12.8 Å². The minimum absolute atomic E-state index is 0.0565. The molecule has 0 fully saturated rings. The third-order valence-corrected chi connectivity index (χ3v) is 3.10. The van der Waals surface area contributed by atoms with Crippen LogP contribution in [-0.2, 0) is 19.1 Å². The van der Waals surface area contributed by atoms with Crippen LogP contribution in [0.15, 0.2) is 0 Å². The molecule has 0 spiro atoms. The maximum absolute atomic E-state index is 11.7. The molecule has 0 bridgehead atoms. The van der Waals surface area contributed by atoms with Crippen LogP contribution in [0.5, 0.6) is 0 Å². The van der Waals surface area contributed by atoms with Gasteiger partial charge in [0.05, 0.1) is 6.61 Å². The lowest BCUT2D eigenvalue weighted by molar-refractivity contribution is -0.154. The highest BCUT2D eigenvalue weighted by atomic mass is 16.5. The number of esters is 2. The number of ether oxygens (including phenoxy) is 2. The number of unbranched alkanes of at least 4 members (excludes halogenated alkanes) is 1. The summed E-state index contributed by atoms with van der Waals surface area (Å²) in [5, 5.41) is 0. The Hall–Kier alpha value is -1.06. The molecule has 0 rings (SSSR count). The molecule has 4 nitrogen and oxygen atoms in total. The van der Waals surface area contributed by atoms with E-state index in [4.69, 9.17) is 9.47 Å². The zero-order valence-corrected chi connectivity index (χ0v) is 13.6. The van der Waals surface area contributed by atoms with E-state index < -0.39 is 0 Å². The molecule has 0 atom stereocenters. The van der Waals surface area contributed by atoms with E-state index in [2.05, 4.69) is 0 Å². The molecule has 0 aliphatic heterocycles. The van der Waals surface area contributed by atoms with Gasteiger partial charge in [-0.3, -0.25) is 9.59 Å². The van der Waals surface area contributed by atoms with Gasteiger partial charge in [0, 0.05) is 12.8 Å². The number of carbonyl (C=O) groups is 2. The summed E-state index contributed by atoms with van der Waals surface area (Å²) in [4.78, 5) is 23.1. The number of rotatable bonds is 10. The van der Waals surface area contributed by atoms with E-state index in [1.54, 1.807) is 0 Å². The van der Waals surface area contributed by atoms with Crippen molar-refractivity contribution in [3.8, 4) is 0 Å². The van der Waals surface area contributed by atoms with Crippen molar-refractivity contribution in [1.29, 1.82) is 0 Å². The Morgan fingerprint density at radius 1 is 0.900 bits per heavy atom. The van der Waals surface area contributed by atoms with Crippen LogP contribution in [0.4, 0.5) is 0 Å². The highest BCUT2D eigenvalue weighted by Crippen LogP contribution is 2.17. The Balaban J connectivity index is 3.85. The Bertz CT molecular complexity index is 276. The maximum Gasteiger partial charge on any atom is 0.306 e. The van der Waals surface area contributed by atoms with Crippen molar-refractivity contribution in [1.82, 2.24) is 0 Å². The van der Waals surface area contributed by atoms with Crippen molar-refractivity contribution < 1.29 is 19.1 Å². The quantitative estimate of drug-likeness (QED) is 0.453. The van der Waals surface area contributed by atoms with Crippen LogP contribution in [0.2, 0.25) is 0 Å². The van der Waals surface area contributed by atoms with Gasteiger partial charge in [-0.25, -0.2) is 0 Å². The van der Waals surface area contributed by atoms with Gasteiger partial charge in [0.1, 0.15) is 6.10 Å². The van der Waals surface area contributed by atoms with E-state index in [-0.39, 0.29) is 30.9 Å². The summed E-state index contributed by atoms with van der Waals surface area (Å²) in [6.45, 7) is 10.7.